The van der Waals surface area contributed by atoms with Crippen LogP contribution in [0.3, 0.4) is 0 Å². The highest BCUT2D eigenvalue weighted by atomic mass is 32.1. The molecule has 0 saturated carbocycles. The van der Waals surface area contributed by atoms with Gasteiger partial charge in [0.1, 0.15) is 6.61 Å². The number of carbonyl (C=O) groups excluding carboxylic acids is 1. The van der Waals surface area contributed by atoms with Gasteiger partial charge in [-0.05, 0) is 29.9 Å². The van der Waals surface area contributed by atoms with E-state index in [2.05, 4.69) is 4.89 Å². The lowest BCUT2D eigenvalue weighted by Gasteiger charge is -2.05. The molecule has 0 N–H and O–H groups in total. The monoisotopic (exact) mass is 351 g/mol. The molecule has 1 heterocycles. The second kappa shape index (κ2) is 9.89. The van der Waals surface area contributed by atoms with Crippen molar-refractivity contribution in [1.82, 2.24) is 3.96 Å². The normalized spacial score (nSPS) is 10.5. The molecule has 1 aromatic heterocycles. The van der Waals surface area contributed by atoms with Crippen molar-refractivity contribution in [1.29, 1.82) is 0 Å². The number of benzene rings is 1. The minimum atomic E-state index is -0.192. The zero-order chi connectivity index (χ0) is 17.2. The lowest BCUT2D eigenvalue weighted by atomic mass is 10.2. The highest BCUT2D eigenvalue weighted by Gasteiger charge is 2.07. The number of aromatic nitrogens is 1. The number of rotatable bonds is 10. The minimum Gasteiger partial charge on any atom is -0.461 e. The lowest BCUT2D eigenvalue weighted by molar-refractivity contribution is -0.174. The largest absolute Gasteiger partial charge is 0.461 e. The molecule has 0 radical (unpaired) electrons. The Balaban J connectivity index is 1.59. The molecule has 2 aromatic rings. The first kappa shape index (κ1) is 18.2. The summed E-state index contributed by atoms with van der Waals surface area (Å²) in [5, 5.41) is 0.437. The fourth-order valence-electron chi connectivity index (χ4n) is 2.14. The van der Waals surface area contributed by atoms with Gasteiger partial charge in [-0.3, -0.25) is 13.5 Å². The van der Waals surface area contributed by atoms with Crippen molar-refractivity contribution in [3.63, 3.8) is 0 Å². The number of carbonyl (C=O) groups is 1. The quantitative estimate of drug-likeness (QED) is 0.285. The van der Waals surface area contributed by atoms with E-state index in [0.717, 1.165) is 24.8 Å². The predicted octanol–water partition coefficient (Wildman–Crippen LogP) is 3.15. The van der Waals surface area contributed by atoms with Gasteiger partial charge < -0.3 is 9.62 Å². The van der Waals surface area contributed by atoms with Gasteiger partial charge in [0.05, 0.1) is 13.2 Å². The zero-order valence-corrected chi connectivity index (χ0v) is 14.4. The van der Waals surface area contributed by atoms with Gasteiger partial charge in [-0.2, -0.15) is 4.89 Å². The van der Waals surface area contributed by atoms with Crippen LogP contribution in [0.2, 0.25) is 0 Å². The Hall–Kier alpha value is -2.12. The van der Waals surface area contributed by atoms with Gasteiger partial charge in [0.25, 0.3) is 5.56 Å². The number of hydrogen-bond acceptors (Lipinski definition) is 6. The molecule has 0 bridgehead atoms. The number of nitrogens with zero attached hydrogens (tertiary/aromatic N) is 1. The summed E-state index contributed by atoms with van der Waals surface area (Å²) in [6.45, 7) is 0.919. The van der Waals surface area contributed by atoms with E-state index in [0.29, 0.717) is 24.6 Å². The van der Waals surface area contributed by atoms with E-state index in [-0.39, 0.29) is 11.5 Å². The first-order valence-corrected chi connectivity index (χ1v) is 8.58. The third-order valence-corrected chi connectivity index (χ3v) is 4.29. The van der Waals surface area contributed by atoms with E-state index < -0.39 is 0 Å². The van der Waals surface area contributed by atoms with Crippen LogP contribution in [0.15, 0.2) is 41.2 Å². The van der Waals surface area contributed by atoms with Crippen LogP contribution in [-0.2, 0) is 27.6 Å². The lowest BCUT2D eigenvalue weighted by Crippen LogP contribution is -2.11. The first-order chi connectivity index (χ1) is 11.7. The molecule has 1 aromatic carbocycles. The van der Waals surface area contributed by atoms with Crippen molar-refractivity contribution >= 4 is 17.5 Å². The van der Waals surface area contributed by atoms with Crippen LogP contribution in [-0.4, -0.2) is 17.0 Å². The summed E-state index contributed by atoms with van der Waals surface area (Å²) in [6.07, 6.45) is 2.81. The van der Waals surface area contributed by atoms with Gasteiger partial charge in [-0.15, -0.1) is 0 Å². The predicted molar refractivity (Wildman–Crippen MR) is 90.9 cm³/mol. The highest BCUT2D eigenvalue weighted by Crippen LogP contribution is 2.16. The number of aryl methyl sites for hydroxylation is 1. The Kier molecular flexibility index (Phi) is 7.51. The van der Waals surface area contributed by atoms with Gasteiger partial charge in [0.15, 0.2) is 0 Å². The molecule has 24 heavy (non-hydrogen) atoms. The molecule has 6 nitrogen and oxygen atoms in total. The maximum atomic E-state index is 11.7. The summed E-state index contributed by atoms with van der Waals surface area (Å²) in [7, 11) is 1.39. The van der Waals surface area contributed by atoms with Crippen LogP contribution in [0.25, 0.3) is 0 Å². The molecular weight excluding hydrogens is 330 g/mol. The fraction of sp³-hybridized carbons (Fsp3) is 0.412. The molecule has 2 rings (SSSR count). The molecule has 130 valence electrons. The van der Waals surface area contributed by atoms with Crippen LogP contribution in [0.5, 0.6) is 5.06 Å². The summed E-state index contributed by atoms with van der Waals surface area (Å²) < 4.78 is 6.83. The third-order valence-electron chi connectivity index (χ3n) is 3.34. The second-order valence-corrected chi connectivity index (χ2v) is 6.23. The molecule has 0 aliphatic rings. The Morgan fingerprint density at radius 3 is 2.71 bits per heavy atom. The van der Waals surface area contributed by atoms with E-state index in [4.69, 9.17) is 9.62 Å². The van der Waals surface area contributed by atoms with Crippen molar-refractivity contribution in [3.05, 3.63) is 52.3 Å². The van der Waals surface area contributed by atoms with E-state index in [1.807, 2.05) is 30.3 Å². The average molecular weight is 351 g/mol. The molecular formula is C17H21NO5S. The number of esters is 1. The van der Waals surface area contributed by atoms with Crippen LogP contribution >= 0.6 is 11.5 Å². The van der Waals surface area contributed by atoms with Crippen LogP contribution in [0.4, 0.5) is 0 Å². The molecule has 0 fully saturated rings. The molecule has 0 saturated heterocycles. The zero-order valence-electron chi connectivity index (χ0n) is 13.6. The van der Waals surface area contributed by atoms with Crippen molar-refractivity contribution in [2.45, 2.75) is 38.8 Å². The Morgan fingerprint density at radius 2 is 1.96 bits per heavy atom. The Bertz CT molecular complexity index is 680. The minimum absolute atomic E-state index is 0.102. The number of ether oxygens (including phenoxy) is 1. The summed E-state index contributed by atoms with van der Waals surface area (Å²) in [4.78, 5) is 32.7. The summed E-state index contributed by atoms with van der Waals surface area (Å²) >= 11 is 1.22. The van der Waals surface area contributed by atoms with Gasteiger partial charge in [-0.1, -0.05) is 36.8 Å². The van der Waals surface area contributed by atoms with E-state index in [9.17, 15) is 9.59 Å². The molecule has 0 unspecified atom stereocenters. The maximum Gasteiger partial charge on any atom is 0.306 e. The number of hydrogen-bond donors (Lipinski definition) is 0. The molecule has 0 spiro atoms. The molecule has 7 heteroatoms. The third kappa shape index (κ3) is 6.17. The summed E-state index contributed by atoms with van der Waals surface area (Å²) in [6, 6.07) is 11.0. The molecule has 0 atom stereocenters. The maximum absolute atomic E-state index is 11.7. The van der Waals surface area contributed by atoms with Gasteiger partial charge in [0.2, 0.25) is 5.06 Å². The van der Waals surface area contributed by atoms with Crippen molar-refractivity contribution in [3.8, 4) is 5.06 Å². The fourth-order valence-corrected chi connectivity index (χ4v) is 2.97. The van der Waals surface area contributed by atoms with Gasteiger partial charge in [-0.25, -0.2) is 0 Å². The summed E-state index contributed by atoms with van der Waals surface area (Å²) in [5.41, 5.74) is 0.881. The van der Waals surface area contributed by atoms with Crippen LogP contribution in [0, 0.1) is 0 Å². The molecule has 0 aliphatic heterocycles. The Labute approximate surface area is 144 Å². The molecule has 0 aliphatic carbocycles. The Morgan fingerprint density at radius 1 is 1.17 bits per heavy atom. The summed E-state index contributed by atoms with van der Waals surface area (Å²) in [5.74, 6) is -0.192. The SMILES string of the molecule is COOc1cc(=O)n(CCCCCC(=O)OCc2ccccc2)s1. The van der Waals surface area contributed by atoms with Crippen LogP contribution < -0.4 is 10.4 Å². The second-order valence-electron chi connectivity index (χ2n) is 5.20. The molecule has 0 amide bonds. The first-order valence-electron chi connectivity index (χ1n) is 7.80. The van der Waals surface area contributed by atoms with Crippen molar-refractivity contribution in [2.24, 2.45) is 0 Å². The topological polar surface area (TPSA) is 66.8 Å². The van der Waals surface area contributed by atoms with E-state index >= 15 is 0 Å². The van der Waals surface area contributed by atoms with Crippen molar-refractivity contribution in [2.75, 3.05) is 7.11 Å². The van der Waals surface area contributed by atoms with E-state index in [1.54, 1.807) is 3.96 Å². The van der Waals surface area contributed by atoms with Crippen molar-refractivity contribution < 1.29 is 19.3 Å². The highest BCUT2D eigenvalue weighted by molar-refractivity contribution is 7.08. The van der Waals surface area contributed by atoms with Gasteiger partial charge >= 0.3 is 5.97 Å². The van der Waals surface area contributed by atoms with Gasteiger partial charge in [0, 0.05) is 13.0 Å². The smallest absolute Gasteiger partial charge is 0.306 e. The van der Waals surface area contributed by atoms with E-state index in [1.165, 1.54) is 24.7 Å². The van der Waals surface area contributed by atoms with Crippen LogP contribution in [0.1, 0.15) is 31.2 Å². The average Bonchev–Trinajstić information content (AvgIpc) is 2.93. The number of unbranched alkanes of at least 4 members (excludes halogenated alkanes) is 2. The standard InChI is InChI=1S/C17H21NO5S/c1-21-23-17-12-15(19)18(24-17)11-7-3-6-10-16(20)22-13-14-8-4-2-5-9-14/h2,4-5,8-9,12H,3,6-7,10-11,13H2,1H3.